The van der Waals surface area contributed by atoms with E-state index in [1.807, 2.05) is 6.92 Å². The Balaban J connectivity index is 3.02. The first-order chi connectivity index (χ1) is 8.00. The maximum atomic E-state index is 11.4. The molecular formula is C10H17ClN2O3S. The van der Waals surface area contributed by atoms with Gasteiger partial charge in [-0.05, 0) is 13.3 Å². The van der Waals surface area contributed by atoms with Crippen LogP contribution in [0.25, 0.3) is 0 Å². The number of hydrogen-bond donors (Lipinski definition) is 0. The maximum absolute atomic E-state index is 11.4. The first-order valence-electron chi connectivity index (χ1n) is 5.57. The Kier molecular flexibility index (Phi) is 5.42. The van der Waals surface area contributed by atoms with E-state index in [-0.39, 0.29) is 11.5 Å². The van der Waals surface area contributed by atoms with Crippen molar-refractivity contribution in [2.45, 2.75) is 44.7 Å². The lowest BCUT2D eigenvalue weighted by Crippen LogP contribution is -2.09. The second kappa shape index (κ2) is 6.37. The van der Waals surface area contributed by atoms with Gasteiger partial charge in [0.15, 0.2) is 0 Å². The highest BCUT2D eigenvalue weighted by Gasteiger charge is 2.20. The normalized spacial score (nSPS) is 11.9. The number of rotatable bonds is 7. The minimum absolute atomic E-state index is 0.0451. The molecule has 0 aliphatic heterocycles. The van der Waals surface area contributed by atoms with E-state index < -0.39 is 9.05 Å². The number of halogens is 1. The van der Waals surface area contributed by atoms with Gasteiger partial charge in [-0.25, -0.2) is 8.42 Å². The molecule has 0 radical (unpaired) electrons. The van der Waals surface area contributed by atoms with Crippen molar-refractivity contribution in [3.05, 3.63) is 11.9 Å². The van der Waals surface area contributed by atoms with Gasteiger partial charge in [-0.1, -0.05) is 13.3 Å². The van der Waals surface area contributed by atoms with Gasteiger partial charge in [0.1, 0.15) is 4.90 Å². The Labute approximate surface area is 106 Å². The van der Waals surface area contributed by atoms with Crippen LogP contribution in [-0.2, 0) is 26.9 Å². The van der Waals surface area contributed by atoms with E-state index in [0.29, 0.717) is 18.8 Å². The molecule has 0 fully saturated rings. The predicted molar refractivity (Wildman–Crippen MR) is 65.5 cm³/mol. The van der Waals surface area contributed by atoms with E-state index in [1.54, 1.807) is 4.68 Å². The first-order valence-corrected chi connectivity index (χ1v) is 7.88. The molecule has 0 saturated heterocycles. The first kappa shape index (κ1) is 14.5. The lowest BCUT2D eigenvalue weighted by atomic mass is 10.3. The summed E-state index contributed by atoms with van der Waals surface area (Å²) in [4.78, 5) is 0.0451. The molecule has 5 nitrogen and oxygen atoms in total. The Hall–Kier alpha value is -0.590. The second-order valence-electron chi connectivity index (χ2n) is 3.61. The summed E-state index contributed by atoms with van der Waals surface area (Å²) in [6.07, 6.45) is 3.23. The highest BCUT2D eigenvalue weighted by Crippen LogP contribution is 2.21. The molecule has 0 atom stereocenters. The number of aryl methyl sites for hydroxylation is 1. The zero-order valence-electron chi connectivity index (χ0n) is 10.0. The molecule has 0 aromatic carbocycles. The molecule has 1 aromatic heterocycles. The molecule has 0 unspecified atom stereocenters. The van der Waals surface area contributed by atoms with E-state index in [4.69, 9.17) is 15.4 Å². The minimum atomic E-state index is -3.76. The molecule has 98 valence electrons. The maximum Gasteiger partial charge on any atom is 0.264 e. The van der Waals surface area contributed by atoms with Crippen molar-refractivity contribution >= 4 is 19.7 Å². The molecule has 0 aliphatic carbocycles. The summed E-state index contributed by atoms with van der Waals surface area (Å²) in [5.41, 5.74) is 0.523. The van der Waals surface area contributed by atoms with Crippen LogP contribution in [0.2, 0.25) is 0 Å². The molecule has 0 N–H and O–H groups in total. The van der Waals surface area contributed by atoms with Crippen LogP contribution in [0.4, 0.5) is 0 Å². The smallest absolute Gasteiger partial charge is 0.264 e. The molecule has 0 aliphatic rings. The fraction of sp³-hybridized carbons (Fsp3) is 0.700. The van der Waals surface area contributed by atoms with E-state index in [2.05, 4.69) is 12.0 Å². The second-order valence-corrected chi connectivity index (χ2v) is 6.14. The standard InChI is InChI=1S/C10H17ClN2O3S/c1-3-5-6-13-9(8-16-4-2)10(7-12-13)17(11,14)15/h7H,3-6,8H2,1-2H3. The largest absolute Gasteiger partial charge is 0.375 e. The zero-order valence-corrected chi connectivity index (χ0v) is 11.6. The summed E-state index contributed by atoms with van der Waals surface area (Å²) in [6.45, 7) is 5.31. The van der Waals surface area contributed by atoms with E-state index >= 15 is 0 Å². The molecule has 7 heteroatoms. The topological polar surface area (TPSA) is 61.2 Å². The zero-order chi connectivity index (χ0) is 12.9. The average molecular weight is 281 g/mol. The van der Waals surface area contributed by atoms with Gasteiger partial charge in [-0.3, -0.25) is 4.68 Å². The van der Waals surface area contributed by atoms with Crippen molar-refractivity contribution in [3.8, 4) is 0 Å². The average Bonchev–Trinajstić information content (AvgIpc) is 2.66. The van der Waals surface area contributed by atoms with Gasteiger partial charge in [0.05, 0.1) is 18.5 Å². The Bertz CT molecular complexity index is 456. The number of ether oxygens (including phenoxy) is 1. The predicted octanol–water partition coefficient (Wildman–Crippen LogP) is 2.15. The SMILES string of the molecule is CCCCn1ncc(S(=O)(=O)Cl)c1COCC. The lowest BCUT2D eigenvalue weighted by Gasteiger charge is -2.08. The lowest BCUT2D eigenvalue weighted by molar-refractivity contribution is 0.125. The fourth-order valence-electron chi connectivity index (χ4n) is 1.44. The highest BCUT2D eigenvalue weighted by atomic mass is 35.7. The Morgan fingerprint density at radius 1 is 1.47 bits per heavy atom. The van der Waals surface area contributed by atoms with Crippen LogP contribution >= 0.6 is 10.7 Å². The van der Waals surface area contributed by atoms with Crippen LogP contribution in [0.3, 0.4) is 0 Å². The number of unbranched alkanes of at least 4 members (excludes halogenated alkanes) is 1. The van der Waals surface area contributed by atoms with Crippen LogP contribution in [0.1, 0.15) is 32.4 Å². The van der Waals surface area contributed by atoms with Crippen molar-refractivity contribution < 1.29 is 13.2 Å². The van der Waals surface area contributed by atoms with Gasteiger partial charge < -0.3 is 4.74 Å². The third-order valence-electron chi connectivity index (χ3n) is 2.34. The third kappa shape index (κ3) is 3.97. The van der Waals surface area contributed by atoms with Gasteiger partial charge in [0.25, 0.3) is 9.05 Å². The van der Waals surface area contributed by atoms with Crippen LogP contribution in [0, 0.1) is 0 Å². The van der Waals surface area contributed by atoms with Crippen LogP contribution in [-0.4, -0.2) is 24.8 Å². The highest BCUT2D eigenvalue weighted by molar-refractivity contribution is 8.13. The summed E-state index contributed by atoms with van der Waals surface area (Å²) >= 11 is 0. The van der Waals surface area contributed by atoms with Gasteiger partial charge in [-0.2, -0.15) is 5.10 Å². The van der Waals surface area contributed by atoms with Gasteiger partial charge in [0.2, 0.25) is 0 Å². The van der Waals surface area contributed by atoms with Crippen molar-refractivity contribution in [1.82, 2.24) is 9.78 Å². The molecular weight excluding hydrogens is 264 g/mol. The molecule has 1 aromatic rings. The van der Waals surface area contributed by atoms with Crippen molar-refractivity contribution in [2.75, 3.05) is 6.61 Å². The fourth-order valence-corrected chi connectivity index (χ4v) is 2.45. The number of hydrogen-bond acceptors (Lipinski definition) is 4. The van der Waals surface area contributed by atoms with Gasteiger partial charge in [0, 0.05) is 23.8 Å². The molecule has 1 rings (SSSR count). The van der Waals surface area contributed by atoms with Crippen LogP contribution in [0.5, 0.6) is 0 Å². The molecule has 0 bridgehead atoms. The van der Waals surface area contributed by atoms with Crippen LogP contribution in [0.15, 0.2) is 11.1 Å². The number of aromatic nitrogens is 2. The molecule has 1 heterocycles. The molecule has 0 spiro atoms. The summed E-state index contributed by atoms with van der Waals surface area (Å²) in [7, 11) is 1.59. The quantitative estimate of drug-likeness (QED) is 0.718. The van der Waals surface area contributed by atoms with Crippen LogP contribution < -0.4 is 0 Å². The third-order valence-corrected chi connectivity index (χ3v) is 3.70. The monoisotopic (exact) mass is 280 g/mol. The van der Waals surface area contributed by atoms with E-state index in [9.17, 15) is 8.42 Å². The number of nitrogens with zero attached hydrogens (tertiary/aromatic N) is 2. The van der Waals surface area contributed by atoms with Crippen molar-refractivity contribution in [1.29, 1.82) is 0 Å². The van der Waals surface area contributed by atoms with E-state index in [0.717, 1.165) is 12.8 Å². The Morgan fingerprint density at radius 2 is 2.18 bits per heavy atom. The molecule has 0 amide bonds. The summed E-state index contributed by atoms with van der Waals surface area (Å²) < 4.78 is 29.6. The van der Waals surface area contributed by atoms with Crippen molar-refractivity contribution in [2.24, 2.45) is 0 Å². The molecule has 0 saturated carbocycles. The molecule has 17 heavy (non-hydrogen) atoms. The summed E-state index contributed by atoms with van der Waals surface area (Å²) in [5, 5.41) is 4.05. The van der Waals surface area contributed by atoms with Gasteiger partial charge in [-0.15, -0.1) is 0 Å². The minimum Gasteiger partial charge on any atom is -0.375 e. The Morgan fingerprint density at radius 3 is 2.71 bits per heavy atom. The van der Waals surface area contributed by atoms with E-state index in [1.165, 1.54) is 6.20 Å². The van der Waals surface area contributed by atoms with Gasteiger partial charge >= 0.3 is 0 Å². The summed E-state index contributed by atoms with van der Waals surface area (Å²) in [6, 6.07) is 0. The van der Waals surface area contributed by atoms with Crippen molar-refractivity contribution in [3.63, 3.8) is 0 Å². The summed E-state index contributed by atoms with van der Waals surface area (Å²) in [5.74, 6) is 0.